The molecule has 0 atom stereocenters. The number of aliphatic imine (C=N–C) groups is 1. The number of ether oxygens (including phenoxy) is 1. The van der Waals surface area contributed by atoms with E-state index in [1.165, 1.54) is 12.1 Å². The Bertz CT molecular complexity index is 1090. The Balaban J connectivity index is 0.00000385. The summed E-state index contributed by atoms with van der Waals surface area (Å²) in [7, 11) is 3.61. The fraction of sp³-hybridized carbons (Fsp3) is 0.250. The average molecular weight is 568 g/mol. The van der Waals surface area contributed by atoms with Crippen molar-refractivity contribution in [2.24, 2.45) is 4.99 Å². The minimum atomic E-state index is -2.83. The summed E-state index contributed by atoms with van der Waals surface area (Å²) in [5.74, 6) is 0.840. The van der Waals surface area contributed by atoms with Crippen molar-refractivity contribution in [3.8, 4) is 5.75 Å². The fourth-order valence-corrected chi connectivity index (χ4v) is 3.24. The molecule has 3 aromatic rings. The Morgan fingerprint density at radius 3 is 2.27 bits per heavy atom. The molecule has 1 heterocycles. The molecule has 2 aromatic carbocycles. The first-order valence-electron chi connectivity index (χ1n) is 10.1. The van der Waals surface area contributed by atoms with Gasteiger partial charge in [-0.1, -0.05) is 42.5 Å². The van der Waals surface area contributed by atoms with Crippen LogP contribution in [0, 0.1) is 0 Å². The number of pyridine rings is 1. The van der Waals surface area contributed by atoms with Crippen LogP contribution in [-0.4, -0.2) is 36.1 Å². The molecule has 1 aromatic heterocycles. The number of hydrogen-bond acceptors (Lipinski definition) is 3. The van der Waals surface area contributed by atoms with E-state index in [0.717, 1.165) is 16.7 Å². The van der Waals surface area contributed by atoms with Crippen LogP contribution < -0.4 is 15.6 Å². The zero-order valence-electron chi connectivity index (χ0n) is 18.4. The highest BCUT2D eigenvalue weighted by atomic mass is 127. The Morgan fingerprint density at radius 2 is 1.67 bits per heavy atom. The van der Waals surface area contributed by atoms with Crippen LogP contribution >= 0.6 is 24.0 Å². The van der Waals surface area contributed by atoms with Gasteiger partial charge in [0, 0.05) is 39.4 Å². The van der Waals surface area contributed by atoms with Gasteiger partial charge in [0.2, 0.25) is 0 Å². The monoisotopic (exact) mass is 568 g/mol. The van der Waals surface area contributed by atoms with Gasteiger partial charge in [0.15, 0.2) is 5.96 Å². The van der Waals surface area contributed by atoms with Gasteiger partial charge in [-0.25, -0.2) is 0 Å². The van der Waals surface area contributed by atoms with Crippen molar-refractivity contribution in [1.29, 1.82) is 0 Å². The van der Waals surface area contributed by atoms with Gasteiger partial charge < -0.3 is 19.5 Å². The highest BCUT2D eigenvalue weighted by Crippen LogP contribution is 2.16. The highest BCUT2D eigenvalue weighted by Gasteiger charge is 2.08. The molecule has 0 radical (unpaired) electrons. The summed E-state index contributed by atoms with van der Waals surface area (Å²) in [6.45, 7) is -1.16. The van der Waals surface area contributed by atoms with Crippen molar-refractivity contribution in [3.63, 3.8) is 0 Å². The lowest BCUT2D eigenvalue weighted by Crippen LogP contribution is -2.38. The number of alkyl halides is 2. The molecule has 0 bridgehead atoms. The third-order valence-corrected chi connectivity index (χ3v) is 4.87. The van der Waals surface area contributed by atoms with Gasteiger partial charge in [-0.3, -0.25) is 9.79 Å². The highest BCUT2D eigenvalue weighted by molar-refractivity contribution is 14.0. The first-order valence-corrected chi connectivity index (χ1v) is 10.1. The average Bonchev–Trinajstić information content (AvgIpc) is 2.78. The first-order chi connectivity index (χ1) is 15.4. The lowest BCUT2D eigenvalue weighted by atomic mass is 10.1. The normalized spacial score (nSPS) is 11.1. The van der Waals surface area contributed by atoms with Crippen LogP contribution in [0.15, 0.2) is 82.7 Å². The van der Waals surface area contributed by atoms with E-state index in [1.54, 1.807) is 42.1 Å². The first kappa shape index (κ1) is 26.3. The number of benzene rings is 2. The van der Waals surface area contributed by atoms with E-state index in [1.807, 2.05) is 42.3 Å². The van der Waals surface area contributed by atoms with E-state index >= 15 is 0 Å². The van der Waals surface area contributed by atoms with Crippen LogP contribution in [0.25, 0.3) is 0 Å². The summed E-state index contributed by atoms with van der Waals surface area (Å²) in [5.41, 5.74) is 3.04. The molecule has 0 aliphatic rings. The zero-order valence-corrected chi connectivity index (χ0v) is 20.8. The van der Waals surface area contributed by atoms with Crippen molar-refractivity contribution in [2.45, 2.75) is 26.2 Å². The topological polar surface area (TPSA) is 58.9 Å². The van der Waals surface area contributed by atoms with Crippen molar-refractivity contribution in [3.05, 3.63) is 100.0 Å². The van der Waals surface area contributed by atoms with E-state index in [4.69, 9.17) is 0 Å². The van der Waals surface area contributed by atoms with Crippen LogP contribution in [-0.2, 0) is 19.6 Å². The molecule has 176 valence electrons. The number of hydrogen-bond donors (Lipinski definition) is 1. The van der Waals surface area contributed by atoms with Crippen LogP contribution in [0.2, 0.25) is 0 Å². The zero-order chi connectivity index (χ0) is 22.9. The Labute approximate surface area is 208 Å². The molecule has 0 saturated heterocycles. The van der Waals surface area contributed by atoms with Crippen LogP contribution in [0.4, 0.5) is 8.78 Å². The number of aromatic nitrogens is 1. The summed E-state index contributed by atoms with van der Waals surface area (Å²) < 4.78 is 30.6. The predicted molar refractivity (Wildman–Crippen MR) is 136 cm³/mol. The third-order valence-electron chi connectivity index (χ3n) is 4.87. The minimum absolute atomic E-state index is 0. The van der Waals surface area contributed by atoms with E-state index in [0.29, 0.717) is 25.6 Å². The third kappa shape index (κ3) is 8.16. The van der Waals surface area contributed by atoms with Crippen LogP contribution in [0.1, 0.15) is 16.7 Å². The number of halogens is 3. The summed E-state index contributed by atoms with van der Waals surface area (Å²) in [5, 5.41) is 3.32. The molecule has 0 saturated carbocycles. The SMILES string of the molecule is CN=C(NCc1ccc(Cn2ccccc2=O)cc1)N(C)Cc1ccc(OC(F)F)cc1.I. The van der Waals surface area contributed by atoms with Crippen LogP contribution in [0.3, 0.4) is 0 Å². The van der Waals surface area contributed by atoms with Crippen LogP contribution in [0.5, 0.6) is 5.75 Å². The van der Waals surface area contributed by atoms with E-state index < -0.39 is 6.61 Å². The predicted octanol–water partition coefficient (Wildman–Crippen LogP) is 4.32. The van der Waals surface area contributed by atoms with Gasteiger partial charge in [0.25, 0.3) is 5.56 Å². The molecule has 9 heteroatoms. The van der Waals surface area contributed by atoms with Gasteiger partial charge in [0.1, 0.15) is 5.75 Å². The smallest absolute Gasteiger partial charge is 0.387 e. The van der Waals surface area contributed by atoms with E-state index in [-0.39, 0.29) is 35.3 Å². The Kier molecular flexibility index (Phi) is 10.3. The summed E-state index contributed by atoms with van der Waals surface area (Å²) in [4.78, 5) is 18.1. The minimum Gasteiger partial charge on any atom is -0.435 e. The van der Waals surface area contributed by atoms with Crippen molar-refractivity contribution < 1.29 is 13.5 Å². The second-order valence-corrected chi connectivity index (χ2v) is 7.26. The maximum atomic E-state index is 12.3. The molecule has 0 aliphatic heterocycles. The molecular weight excluding hydrogens is 541 g/mol. The second kappa shape index (κ2) is 12.9. The summed E-state index contributed by atoms with van der Waals surface area (Å²) in [6, 6.07) is 19.7. The molecule has 0 spiro atoms. The number of nitrogens with zero attached hydrogens (tertiary/aromatic N) is 3. The lowest BCUT2D eigenvalue weighted by molar-refractivity contribution is -0.0498. The lowest BCUT2D eigenvalue weighted by Gasteiger charge is -2.22. The van der Waals surface area contributed by atoms with Crippen molar-refractivity contribution in [1.82, 2.24) is 14.8 Å². The Morgan fingerprint density at radius 1 is 1.03 bits per heavy atom. The molecule has 6 nitrogen and oxygen atoms in total. The molecule has 0 aliphatic carbocycles. The molecule has 0 amide bonds. The fourth-order valence-electron chi connectivity index (χ4n) is 3.24. The van der Waals surface area contributed by atoms with Gasteiger partial charge in [-0.15, -0.1) is 24.0 Å². The number of nitrogens with one attached hydrogen (secondary N) is 1. The summed E-state index contributed by atoms with van der Waals surface area (Å²) >= 11 is 0. The van der Waals surface area contributed by atoms with Crippen molar-refractivity contribution >= 4 is 29.9 Å². The molecule has 33 heavy (non-hydrogen) atoms. The standard InChI is InChI=1S/C24H26F2N4O2.HI/c1-27-24(29(2)16-19-10-12-21(13-11-19)32-23(25)26)28-15-18-6-8-20(9-7-18)17-30-14-4-3-5-22(30)31;/h3-14,23H,15-17H2,1-2H3,(H,27,28);1H. The molecule has 0 unspecified atom stereocenters. The Hall–Kier alpha value is -2.95. The van der Waals surface area contributed by atoms with Gasteiger partial charge in [0.05, 0.1) is 6.54 Å². The van der Waals surface area contributed by atoms with Gasteiger partial charge in [-0.05, 0) is 34.9 Å². The molecule has 3 rings (SSSR count). The number of guanidine groups is 1. The molecule has 1 N–H and O–H groups in total. The maximum Gasteiger partial charge on any atom is 0.387 e. The largest absolute Gasteiger partial charge is 0.435 e. The van der Waals surface area contributed by atoms with Gasteiger partial charge in [-0.2, -0.15) is 8.78 Å². The molecule has 0 fully saturated rings. The van der Waals surface area contributed by atoms with Crippen molar-refractivity contribution in [2.75, 3.05) is 14.1 Å². The van der Waals surface area contributed by atoms with E-state index in [2.05, 4.69) is 15.0 Å². The maximum absolute atomic E-state index is 12.3. The van der Waals surface area contributed by atoms with E-state index in [9.17, 15) is 13.6 Å². The second-order valence-electron chi connectivity index (χ2n) is 7.26. The van der Waals surface area contributed by atoms with Gasteiger partial charge >= 0.3 is 6.61 Å². The number of rotatable bonds is 8. The quantitative estimate of drug-likeness (QED) is 0.250. The summed E-state index contributed by atoms with van der Waals surface area (Å²) in [6.07, 6.45) is 1.77. The molecular formula is C24H27F2IN4O2.